The summed E-state index contributed by atoms with van der Waals surface area (Å²) in [7, 11) is 1.84. The summed E-state index contributed by atoms with van der Waals surface area (Å²) < 4.78 is 0. The summed E-state index contributed by atoms with van der Waals surface area (Å²) in [5.74, 6) is 0.185. The monoisotopic (exact) mass is 239 g/mol. The first kappa shape index (κ1) is 13.0. The van der Waals surface area contributed by atoms with Gasteiger partial charge in [0.1, 0.15) is 0 Å². The quantitative estimate of drug-likeness (QED) is 0.785. The van der Waals surface area contributed by atoms with Gasteiger partial charge in [-0.2, -0.15) is 0 Å². The summed E-state index contributed by atoms with van der Waals surface area (Å²) >= 11 is 5.83. The molecule has 0 aliphatic heterocycles. The lowest BCUT2D eigenvalue weighted by atomic mass is 10.1. The summed E-state index contributed by atoms with van der Waals surface area (Å²) in [6.45, 7) is 4.04. The van der Waals surface area contributed by atoms with Crippen molar-refractivity contribution in [3.05, 3.63) is 34.9 Å². The van der Waals surface area contributed by atoms with Crippen LogP contribution in [0.2, 0.25) is 5.02 Å². The Morgan fingerprint density at radius 2 is 1.94 bits per heavy atom. The molecule has 1 unspecified atom stereocenters. The highest BCUT2D eigenvalue weighted by atomic mass is 35.5. The largest absolute Gasteiger partial charge is 0.339 e. The summed E-state index contributed by atoms with van der Waals surface area (Å²) in [5, 5.41) is 0.721. The van der Waals surface area contributed by atoms with Crippen LogP contribution in [0.4, 0.5) is 0 Å². The molecule has 0 radical (unpaired) electrons. The van der Waals surface area contributed by atoms with Crippen LogP contribution in [0.15, 0.2) is 24.3 Å². The van der Waals surface area contributed by atoms with E-state index in [9.17, 15) is 4.79 Å². The van der Waals surface area contributed by atoms with Crippen molar-refractivity contribution in [3.8, 4) is 0 Å². The highest BCUT2D eigenvalue weighted by Crippen LogP contribution is 2.21. The van der Waals surface area contributed by atoms with Gasteiger partial charge in [0.2, 0.25) is 5.91 Å². The zero-order valence-corrected chi connectivity index (χ0v) is 10.8. The molecule has 0 aromatic heterocycles. The van der Waals surface area contributed by atoms with Gasteiger partial charge in [-0.15, -0.1) is 0 Å². The third kappa shape index (κ3) is 3.24. The molecule has 1 aromatic rings. The summed E-state index contributed by atoms with van der Waals surface area (Å²) in [6, 6.07) is 7.72. The summed E-state index contributed by atoms with van der Waals surface area (Å²) in [4.78, 5) is 13.5. The molecule has 0 spiro atoms. The van der Waals surface area contributed by atoms with Gasteiger partial charge in [-0.25, -0.2) is 0 Å². The van der Waals surface area contributed by atoms with Gasteiger partial charge in [-0.1, -0.05) is 30.7 Å². The van der Waals surface area contributed by atoms with Crippen molar-refractivity contribution >= 4 is 17.5 Å². The third-order valence-corrected chi connectivity index (χ3v) is 3.04. The molecule has 1 atom stereocenters. The van der Waals surface area contributed by atoms with Gasteiger partial charge in [0.05, 0.1) is 6.04 Å². The number of nitrogens with zero attached hydrogens (tertiary/aromatic N) is 1. The van der Waals surface area contributed by atoms with E-state index in [1.807, 2.05) is 45.2 Å². The predicted octanol–water partition coefficient (Wildman–Crippen LogP) is 3.66. The van der Waals surface area contributed by atoms with Crippen molar-refractivity contribution < 1.29 is 4.79 Å². The van der Waals surface area contributed by atoms with Crippen LogP contribution < -0.4 is 0 Å². The lowest BCUT2D eigenvalue weighted by Crippen LogP contribution is -2.29. The Kier molecular flexibility index (Phi) is 4.81. The number of benzene rings is 1. The Bertz CT molecular complexity index is 347. The first-order chi connectivity index (χ1) is 7.56. The van der Waals surface area contributed by atoms with Crippen LogP contribution in [0.1, 0.15) is 38.3 Å². The highest BCUT2D eigenvalue weighted by Gasteiger charge is 2.16. The molecule has 0 heterocycles. The minimum atomic E-state index is 0.0938. The number of rotatable bonds is 4. The van der Waals surface area contributed by atoms with Crippen molar-refractivity contribution in [2.75, 3.05) is 7.05 Å². The maximum absolute atomic E-state index is 11.7. The lowest BCUT2D eigenvalue weighted by molar-refractivity contribution is -0.131. The molecule has 16 heavy (non-hydrogen) atoms. The van der Waals surface area contributed by atoms with Crippen molar-refractivity contribution in [1.29, 1.82) is 0 Å². The zero-order valence-electron chi connectivity index (χ0n) is 10.0. The SMILES string of the molecule is CCCC(=O)N(C)C(C)c1ccc(Cl)cc1. The molecule has 1 aromatic carbocycles. The van der Waals surface area contributed by atoms with Crippen LogP contribution in [0, 0.1) is 0 Å². The Labute approximate surface area is 102 Å². The van der Waals surface area contributed by atoms with Crippen LogP contribution in [-0.2, 0) is 4.79 Å². The lowest BCUT2D eigenvalue weighted by Gasteiger charge is -2.25. The highest BCUT2D eigenvalue weighted by molar-refractivity contribution is 6.30. The minimum Gasteiger partial charge on any atom is -0.339 e. The Balaban J connectivity index is 2.73. The molecule has 3 heteroatoms. The van der Waals surface area contributed by atoms with Gasteiger partial charge in [-0.3, -0.25) is 4.79 Å². The fourth-order valence-corrected chi connectivity index (χ4v) is 1.70. The molecular weight excluding hydrogens is 222 g/mol. The normalized spacial score (nSPS) is 12.2. The fourth-order valence-electron chi connectivity index (χ4n) is 1.57. The van der Waals surface area contributed by atoms with Gasteiger partial charge in [-0.05, 0) is 31.0 Å². The van der Waals surface area contributed by atoms with Crippen molar-refractivity contribution in [2.45, 2.75) is 32.7 Å². The Morgan fingerprint density at radius 1 is 1.38 bits per heavy atom. The number of hydrogen-bond donors (Lipinski definition) is 0. The number of carbonyl (C=O) groups is 1. The van der Waals surface area contributed by atoms with E-state index in [1.165, 1.54) is 0 Å². The van der Waals surface area contributed by atoms with Gasteiger partial charge in [0, 0.05) is 18.5 Å². The molecule has 0 saturated carbocycles. The van der Waals surface area contributed by atoms with E-state index in [2.05, 4.69) is 0 Å². The standard InChI is InChI=1S/C13H18ClNO/c1-4-5-13(16)15(3)10(2)11-6-8-12(14)9-7-11/h6-10H,4-5H2,1-3H3. The molecule has 0 bridgehead atoms. The molecule has 2 nitrogen and oxygen atoms in total. The molecule has 0 aliphatic rings. The van der Waals surface area contributed by atoms with Crippen molar-refractivity contribution in [3.63, 3.8) is 0 Å². The molecule has 0 saturated heterocycles. The topological polar surface area (TPSA) is 20.3 Å². The first-order valence-corrected chi connectivity index (χ1v) is 5.95. The Morgan fingerprint density at radius 3 is 2.44 bits per heavy atom. The van der Waals surface area contributed by atoms with Crippen molar-refractivity contribution in [1.82, 2.24) is 4.90 Å². The van der Waals surface area contributed by atoms with E-state index in [-0.39, 0.29) is 11.9 Å². The Hall–Kier alpha value is -1.02. The van der Waals surface area contributed by atoms with Gasteiger partial charge >= 0.3 is 0 Å². The number of amides is 1. The third-order valence-electron chi connectivity index (χ3n) is 2.79. The van der Waals surface area contributed by atoms with Gasteiger partial charge in [0.15, 0.2) is 0 Å². The molecule has 1 amide bonds. The van der Waals surface area contributed by atoms with Crippen LogP contribution in [0.5, 0.6) is 0 Å². The summed E-state index contributed by atoms with van der Waals surface area (Å²) in [6.07, 6.45) is 1.49. The average Bonchev–Trinajstić information content (AvgIpc) is 2.28. The molecule has 0 N–H and O–H groups in total. The van der Waals surface area contributed by atoms with Gasteiger partial charge in [0.25, 0.3) is 0 Å². The van der Waals surface area contributed by atoms with E-state index < -0.39 is 0 Å². The van der Waals surface area contributed by atoms with Gasteiger partial charge < -0.3 is 4.90 Å². The van der Waals surface area contributed by atoms with Crippen LogP contribution >= 0.6 is 11.6 Å². The van der Waals surface area contributed by atoms with E-state index in [4.69, 9.17) is 11.6 Å². The van der Waals surface area contributed by atoms with E-state index in [0.29, 0.717) is 6.42 Å². The van der Waals surface area contributed by atoms with Crippen LogP contribution in [0.25, 0.3) is 0 Å². The number of carbonyl (C=O) groups excluding carboxylic acids is 1. The second kappa shape index (κ2) is 5.90. The van der Waals surface area contributed by atoms with Crippen LogP contribution in [-0.4, -0.2) is 17.9 Å². The van der Waals surface area contributed by atoms with E-state index in [0.717, 1.165) is 17.0 Å². The maximum atomic E-state index is 11.7. The average molecular weight is 240 g/mol. The fraction of sp³-hybridized carbons (Fsp3) is 0.462. The zero-order chi connectivity index (χ0) is 12.1. The molecular formula is C13H18ClNO. The molecule has 1 rings (SSSR count). The smallest absolute Gasteiger partial charge is 0.222 e. The molecule has 0 fully saturated rings. The first-order valence-electron chi connectivity index (χ1n) is 5.57. The van der Waals surface area contributed by atoms with E-state index in [1.54, 1.807) is 4.90 Å². The molecule has 0 aliphatic carbocycles. The van der Waals surface area contributed by atoms with Crippen LogP contribution in [0.3, 0.4) is 0 Å². The molecule has 88 valence electrons. The number of hydrogen-bond acceptors (Lipinski definition) is 1. The minimum absolute atomic E-state index is 0.0938. The summed E-state index contributed by atoms with van der Waals surface area (Å²) in [5.41, 5.74) is 1.11. The second-order valence-corrected chi connectivity index (χ2v) is 4.42. The predicted molar refractivity (Wildman–Crippen MR) is 67.5 cm³/mol. The second-order valence-electron chi connectivity index (χ2n) is 3.98. The number of halogens is 1. The van der Waals surface area contributed by atoms with E-state index >= 15 is 0 Å². The maximum Gasteiger partial charge on any atom is 0.222 e. The van der Waals surface area contributed by atoms with Crippen molar-refractivity contribution in [2.24, 2.45) is 0 Å².